The molecule has 2 nitrogen and oxygen atoms in total. The fourth-order valence-corrected chi connectivity index (χ4v) is 3.18. The maximum absolute atomic E-state index is 12.0. The van der Waals surface area contributed by atoms with E-state index in [1.165, 1.54) is 0 Å². The molecule has 1 N–H and O–H groups in total. The Morgan fingerprint density at radius 3 is 2.88 bits per heavy atom. The summed E-state index contributed by atoms with van der Waals surface area (Å²) in [5, 5.41) is 3.09. The van der Waals surface area contributed by atoms with Gasteiger partial charge in [-0.25, -0.2) is 0 Å². The standard InChI is InChI=1S/C13H16ClNOS/c14-9-10-2-1-3-11(8-10)13(16)15-12-4-6-17-7-5-12/h1-3,8,12H,4-7,9H2,(H,15,16). The number of benzene rings is 1. The lowest BCUT2D eigenvalue weighted by atomic mass is 10.1. The molecule has 0 atom stereocenters. The number of halogens is 1. The van der Waals surface area contributed by atoms with Crippen molar-refractivity contribution in [2.75, 3.05) is 11.5 Å². The number of carbonyl (C=O) groups excluding carboxylic acids is 1. The van der Waals surface area contributed by atoms with Gasteiger partial charge in [0.25, 0.3) is 5.91 Å². The van der Waals surface area contributed by atoms with Crippen LogP contribution in [0.1, 0.15) is 28.8 Å². The van der Waals surface area contributed by atoms with Crippen molar-refractivity contribution < 1.29 is 4.79 Å². The Morgan fingerprint density at radius 2 is 2.18 bits per heavy atom. The van der Waals surface area contributed by atoms with Crippen molar-refractivity contribution in [1.82, 2.24) is 5.32 Å². The third-order valence-electron chi connectivity index (χ3n) is 2.90. The quantitative estimate of drug-likeness (QED) is 0.855. The first-order valence-corrected chi connectivity index (χ1v) is 7.52. The largest absolute Gasteiger partial charge is 0.349 e. The lowest BCUT2D eigenvalue weighted by Gasteiger charge is -2.22. The summed E-state index contributed by atoms with van der Waals surface area (Å²) >= 11 is 7.72. The summed E-state index contributed by atoms with van der Waals surface area (Å²) in [5.74, 6) is 2.76. The molecule has 0 bridgehead atoms. The second-order valence-corrected chi connectivity index (χ2v) is 5.69. The van der Waals surface area contributed by atoms with Crippen molar-refractivity contribution in [2.24, 2.45) is 0 Å². The van der Waals surface area contributed by atoms with Crippen molar-refractivity contribution in [1.29, 1.82) is 0 Å². The molecule has 1 amide bonds. The molecule has 4 heteroatoms. The molecule has 1 saturated heterocycles. The van der Waals surface area contributed by atoms with E-state index in [9.17, 15) is 4.79 Å². The molecule has 1 heterocycles. The minimum Gasteiger partial charge on any atom is -0.349 e. The van der Waals surface area contributed by atoms with E-state index >= 15 is 0 Å². The van der Waals surface area contributed by atoms with Crippen molar-refractivity contribution >= 4 is 29.3 Å². The second kappa shape index (κ2) is 6.31. The molecule has 17 heavy (non-hydrogen) atoms. The van der Waals surface area contributed by atoms with Gasteiger partial charge in [-0.2, -0.15) is 11.8 Å². The summed E-state index contributed by atoms with van der Waals surface area (Å²) in [6.07, 6.45) is 2.15. The van der Waals surface area contributed by atoms with E-state index in [-0.39, 0.29) is 5.91 Å². The number of rotatable bonds is 3. The Labute approximate surface area is 111 Å². The van der Waals surface area contributed by atoms with Crippen LogP contribution in [0, 0.1) is 0 Å². The van der Waals surface area contributed by atoms with Gasteiger partial charge in [0.05, 0.1) is 0 Å². The molecule has 0 saturated carbocycles. The van der Waals surface area contributed by atoms with E-state index in [0.29, 0.717) is 17.5 Å². The Bertz CT molecular complexity index is 391. The van der Waals surface area contributed by atoms with E-state index in [1.54, 1.807) is 0 Å². The highest BCUT2D eigenvalue weighted by Crippen LogP contribution is 2.17. The highest BCUT2D eigenvalue weighted by atomic mass is 35.5. The first-order chi connectivity index (χ1) is 8.29. The molecule has 1 aromatic rings. The fourth-order valence-electron chi connectivity index (χ4n) is 1.91. The summed E-state index contributed by atoms with van der Waals surface area (Å²) in [6, 6.07) is 7.84. The van der Waals surface area contributed by atoms with Crippen LogP contribution in [0.25, 0.3) is 0 Å². The summed E-state index contributed by atoms with van der Waals surface area (Å²) in [5.41, 5.74) is 1.69. The maximum Gasteiger partial charge on any atom is 0.251 e. The van der Waals surface area contributed by atoms with Crippen LogP contribution < -0.4 is 5.32 Å². The normalized spacial score (nSPS) is 16.8. The molecule has 0 spiro atoms. The Balaban J connectivity index is 1.98. The van der Waals surface area contributed by atoms with Crippen molar-refractivity contribution in [3.63, 3.8) is 0 Å². The number of alkyl halides is 1. The van der Waals surface area contributed by atoms with Crippen LogP contribution in [0.3, 0.4) is 0 Å². The van der Waals surface area contributed by atoms with Crippen molar-refractivity contribution in [3.05, 3.63) is 35.4 Å². The van der Waals surface area contributed by atoms with Gasteiger partial charge in [-0.1, -0.05) is 12.1 Å². The Morgan fingerprint density at radius 1 is 1.41 bits per heavy atom. The van der Waals surface area contributed by atoms with Crippen LogP contribution in [0.4, 0.5) is 0 Å². The highest BCUT2D eigenvalue weighted by molar-refractivity contribution is 7.99. The van der Waals surface area contributed by atoms with Gasteiger partial charge in [-0.3, -0.25) is 4.79 Å². The SMILES string of the molecule is O=C(NC1CCSCC1)c1cccc(CCl)c1. The monoisotopic (exact) mass is 269 g/mol. The van der Waals surface area contributed by atoms with E-state index < -0.39 is 0 Å². The lowest BCUT2D eigenvalue weighted by molar-refractivity contribution is 0.0935. The first kappa shape index (κ1) is 12.8. The molecular formula is C13H16ClNOS. The number of carbonyl (C=O) groups is 1. The van der Waals surface area contributed by atoms with Crippen LogP contribution in [0.2, 0.25) is 0 Å². The molecule has 0 aromatic heterocycles. The fraction of sp³-hybridized carbons (Fsp3) is 0.462. The van der Waals surface area contributed by atoms with Gasteiger partial charge in [0.15, 0.2) is 0 Å². The summed E-state index contributed by atoms with van der Waals surface area (Å²) in [7, 11) is 0. The molecule has 1 fully saturated rings. The molecule has 2 rings (SSSR count). The van der Waals surface area contributed by atoms with E-state index in [1.807, 2.05) is 36.0 Å². The van der Waals surface area contributed by atoms with Gasteiger partial charge < -0.3 is 5.32 Å². The Hall–Kier alpha value is -0.670. The smallest absolute Gasteiger partial charge is 0.251 e. The maximum atomic E-state index is 12.0. The van der Waals surface area contributed by atoms with Gasteiger partial charge in [-0.05, 0) is 42.0 Å². The average molecular weight is 270 g/mol. The summed E-state index contributed by atoms with van der Waals surface area (Å²) < 4.78 is 0. The molecule has 92 valence electrons. The lowest BCUT2D eigenvalue weighted by Crippen LogP contribution is -2.37. The van der Waals surface area contributed by atoms with Crippen LogP contribution >= 0.6 is 23.4 Å². The predicted molar refractivity (Wildman–Crippen MR) is 73.8 cm³/mol. The van der Waals surface area contributed by atoms with Crippen LogP contribution in [0.15, 0.2) is 24.3 Å². The molecule has 0 unspecified atom stereocenters. The second-order valence-electron chi connectivity index (χ2n) is 4.19. The number of hydrogen-bond donors (Lipinski definition) is 1. The minimum absolute atomic E-state index is 0.0221. The third-order valence-corrected chi connectivity index (χ3v) is 4.26. The molecule has 0 radical (unpaired) electrons. The van der Waals surface area contributed by atoms with E-state index in [0.717, 1.165) is 29.9 Å². The topological polar surface area (TPSA) is 29.1 Å². The van der Waals surface area contributed by atoms with Gasteiger partial charge in [-0.15, -0.1) is 11.6 Å². The van der Waals surface area contributed by atoms with Crippen molar-refractivity contribution in [3.8, 4) is 0 Å². The molecule has 1 aliphatic rings. The zero-order valence-corrected chi connectivity index (χ0v) is 11.2. The molecule has 0 aliphatic carbocycles. The molecule has 1 aliphatic heterocycles. The minimum atomic E-state index is 0.0221. The van der Waals surface area contributed by atoms with Crippen LogP contribution in [-0.2, 0) is 5.88 Å². The third kappa shape index (κ3) is 3.65. The van der Waals surface area contributed by atoms with E-state index in [2.05, 4.69) is 5.32 Å². The van der Waals surface area contributed by atoms with E-state index in [4.69, 9.17) is 11.6 Å². The summed E-state index contributed by atoms with van der Waals surface area (Å²) in [4.78, 5) is 12.0. The van der Waals surface area contributed by atoms with Gasteiger partial charge >= 0.3 is 0 Å². The number of thioether (sulfide) groups is 1. The van der Waals surface area contributed by atoms with Gasteiger partial charge in [0.2, 0.25) is 0 Å². The summed E-state index contributed by atoms with van der Waals surface area (Å²) in [6.45, 7) is 0. The van der Waals surface area contributed by atoms with Crippen LogP contribution in [-0.4, -0.2) is 23.5 Å². The molecule has 1 aromatic carbocycles. The van der Waals surface area contributed by atoms with Crippen LogP contribution in [0.5, 0.6) is 0 Å². The molecular weight excluding hydrogens is 254 g/mol. The zero-order valence-electron chi connectivity index (χ0n) is 9.62. The zero-order chi connectivity index (χ0) is 12.1. The van der Waals surface area contributed by atoms with Gasteiger partial charge in [0, 0.05) is 17.5 Å². The predicted octanol–water partition coefficient (Wildman–Crippen LogP) is 3.05. The Kier molecular flexibility index (Phi) is 4.75. The van der Waals surface area contributed by atoms with Crippen molar-refractivity contribution in [2.45, 2.75) is 24.8 Å². The van der Waals surface area contributed by atoms with Gasteiger partial charge in [0.1, 0.15) is 0 Å². The number of amides is 1. The first-order valence-electron chi connectivity index (χ1n) is 5.83. The number of nitrogens with one attached hydrogen (secondary N) is 1. The average Bonchev–Trinajstić information content (AvgIpc) is 2.40. The number of hydrogen-bond acceptors (Lipinski definition) is 2. The highest BCUT2D eigenvalue weighted by Gasteiger charge is 2.16.